The number of carboxylic acid groups (broad SMARTS) is 1. The Morgan fingerprint density at radius 3 is 2.48 bits per heavy atom. The maximum absolute atomic E-state index is 13.1. The summed E-state index contributed by atoms with van der Waals surface area (Å²) in [5, 5.41) is 19.7. The van der Waals surface area contributed by atoms with Gasteiger partial charge in [0.05, 0.1) is 7.11 Å². The Morgan fingerprint density at radius 1 is 1.16 bits per heavy atom. The van der Waals surface area contributed by atoms with E-state index < -0.39 is 12.1 Å². The summed E-state index contributed by atoms with van der Waals surface area (Å²) in [7, 11) is 1.64. The molecule has 1 saturated carbocycles. The molecular weight excluding hydrogens is 619 g/mol. The van der Waals surface area contributed by atoms with Crippen LogP contribution in [0.15, 0.2) is 42.7 Å². The highest BCUT2D eigenvalue weighted by Crippen LogP contribution is 2.43. The molecule has 0 unspecified atom stereocenters. The van der Waals surface area contributed by atoms with Gasteiger partial charge >= 0.3 is 12.1 Å². The summed E-state index contributed by atoms with van der Waals surface area (Å²) in [5.74, 6) is 0.00505. The van der Waals surface area contributed by atoms with Gasteiger partial charge in [0, 0.05) is 15.3 Å². The quantitative estimate of drug-likeness (QED) is 0.174. The number of nitrogens with one attached hydrogen (secondary N) is 1. The van der Waals surface area contributed by atoms with Crippen molar-refractivity contribution in [1.29, 1.82) is 0 Å². The van der Waals surface area contributed by atoms with Crippen molar-refractivity contribution in [3.63, 3.8) is 0 Å². The maximum atomic E-state index is 13.1. The lowest BCUT2D eigenvalue weighted by atomic mass is 10.0. The number of aliphatic carboxylic acids is 1. The first kappa shape index (κ1) is 33.1. The van der Waals surface area contributed by atoms with E-state index in [1.807, 2.05) is 31.2 Å². The number of alkyl halides is 3. The molecule has 0 spiro atoms. The summed E-state index contributed by atoms with van der Waals surface area (Å²) in [6.45, 7) is 1.98. The van der Waals surface area contributed by atoms with Crippen molar-refractivity contribution in [3.8, 4) is 17.2 Å². The van der Waals surface area contributed by atoms with Crippen LogP contribution in [-0.4, -0.2) is 61.6 Å². The molecule has 1 fully saturated rings. The number of halogens is 3. The largest absolute Gasteiger partial charge is 0.496 e. The lowest BCUT2D eigenvalue weighted by Crippen LogP contribution is -2.23. The average Bonchev–Trinajstić information content (AvgIpc) is 3.63. The number of hydrogen-bond acceptors (Lipinski definition) is 9. The molecule has 0 bridgehead atoms. The molecule has 2 heterocycles. The fourth-order valence-corrected chi connectivity index (χ4v) is 7.05. The van der Waals surface area contributed by atoms with Gasteiger partial charge in [-0.3, -0.25) is 4.79 Å². The minimum Gasteiger partial charge on any atom is -0.496 e. The Morgan fingerprint density at radius 2 is 1.86 bits per heavy atom. The van der Waals surface area contributed by atoms with Crippen molar-refractivity contribution in [1.82, 2.24) is 20.3 Å². The number of nitrogens with zero attached hydrogens (tertiary/aromatic N) is 4. The molecule has 236 valence electrons. The van der Waals surface area contributed by atoms with Gasteiger partial charge in [0.25, 0.3) is 5.91 Å². The number of hydrogen-bond donors (Lipinski definition) is 2. The van der Waals surface area contributed by atoms with Gasteiger partial charge in [-0.15, -0.1) is 21.2 Å². The lowest BCUT2D eigenvalue weighted by Gasteiger charge is -2.20. The molecule has 0 saturated heterocycles. The third-order valence-corrected chi connectivity index (χ3v) is 9.43. The fourth-order valence-electron chi connectivity index (χ4n) is 4.64. The predicted octanol–water partition coefficient (Wildman–Crippen LogP) is 7.01. The molecule has 4 aromatic rings. The molecule has 0 radical (unpaired) electrons. The third-order valence-electron chi connectivity index (χ3n) is 6.83. The van der Waals surface area contributed by atoms with Gasteiger partial charge in [-0.2, -0.15) is 24.9 Å². The Kier molecular flexibility index (Phi) is 11.4. The van der Waals surface area contributed by atoms with Crippen LogP contribution in [0.25, 0.3) is 10.1 Å². The van der Waals surface area contributed by atoms with Gasteiger partial charge in [0.15, 0.2) is 12.1 Å². The maximum Gasteiger partial charge on any atom is 0.490 e. The molecule has 1 aliphatic rings. The summed E-state index contributed by atoms with van der Waals surface area (Å²) in [6, 6.07) is 12.1. The summed E-state index contributed by atoms with van der Waals surface area (Å²) in [5.41, 5.74) is 4.95. The zero-order valence-electron chi connectivity index (χ0n) is 24.1. The standard InChI is InChI=1S/C27H31N5O3S2.C2HF3O2/c1-18-15-24-22(16-23(18)34-2)25(26(37-24)27(33)29-32-17-28-30-31-32)35-20-12-10-19(11-13-20)7-6-14-36-21-8-4-3-5-9-21;3-2(4,5)1(6)7/h10-13,15-17,21H,3-9,14H2,1-2H3,(H,29,33);(H,6,7). The number of carbonyl (C=O) groups excluding carboxylic acids is 1. The fraction of sp³-hybridized carbons (Fsp3) is 0.414. The number of amides is 1. The second-order valence-corrected chi connectivity index (χ2v) is 12.5. The average molecular weight is 652 g/mol. The number of thioether (sulfide) groups is 1. The van der Waals surface area contributed by atoms with Crippen molar-refractivity contribution >= 4 is 45.1 Å². The van der Waals surface area contributed by atoms with Gasteiger partial charge in [0.2, 0.25) is 0 Å². The Labute approximate surface area is 259 Å². The minimum atomic E-state index is -5.08. The van der Waals surface area contributed by atoms with E-state index in [1.165, 1.54) is 72.3 Å². The molecule has 10 nitrogen and oxygen atoms in total. The SMILES string of the molecule is COc1cc2c(Oc3ccc(CCCSC4CCCCC4)cc3)c(C(=O)Nn3cnnn3)sc2cc1C.O=C(O)C(F)(F)F. The zero-order chi connectivity index (χ0) is 31.7. The van der Waals surface area contributed by atoms with E-state index in [-0.39, 0.29) is 5.91 Å². The van der Waals surface area contributed by atoms with Crippen LogP contribution < -0.4 is 14.9 Å². The molecule has 2 N–H and O–H groups in total. The summed E-state index contributed by atoms with van der Waals surface area (Å²) < 4.78 is 44.5. The molecule has 0 atom stereocenters. The van der Waals surface area contributed by atoms with Crippen LogP contribution in [-0.2, 0) is 11.2 Å². The van der Waals surface area contributed by atoms with Crippen molar-refractivity contribution in [3.05, 3.63) is 58.7 Å². The van der Waals surface area contributed by atoms with Gasteiger partial charge in [-0.25, -0.2) is 10.2 Å². The molecule has 15 heteroatoms. The first-order valence-electron chi connectivity index (χ1n) is 13.9. The van der Waals surface area contributed by atoms with Crippen molar-refractivity contribution in [2.45, 2.75) is 63.3 Å². The molecule has 0 aliphatic heterocycles. The van der Waals surface area contributed by atoms with E-state index in [2.05, 4.69) is 44.8 Å². The number of methoxy groups -OCH3 is 1. The van der Waals surface area contributed by atoms with Crippen molar-refractivity contribution in [2.24, 2.45) is 0 Å². The van der Waals surface area contributed by atoms with Crippen LogP contribution in [0.3, 0.4) is 0 Å². The van der Waals surface area contributed by atoms with Gasteiger partial charge in [0.1, 0.15) is 16.4 Å². The van der Waals surface area contributed by atoms with Gasteiger partial charge in [-0.05, 0) is 84.2 Å². The topological polar surface area (TPSA) is 128 Å². The van der Waals surface area contributed by atoms with Crippen molar-refractivity contribution < 1.29 is 37.3 Å². The zero-order valence-corrected chi connectivity index (χ0v) is 25.7. The molecule has 1 amide bonds. The van der Waals surface area contributed by atoms with E-state index >= 15 is 0 Å². The van der Waals surface area contributed by atoms with E-state index in [0.717, 1.165) is 33.1 Å². The number of aryl methyl sites for hydroxylation is 2. The number of carboxylic acids is 1. The molecule has 2 aromatic heterocycles. The van der Waals surface area contributed by atoms with E-state index in [9.17, 15) is 18.0 Å². The third kappa shape index (κ3) is 9.08. The Bertz CT molecular complexity index is 1540. The van der Waals surface area contributed by atoms with Crippen LogP contribution in [0.2, 0.25) is 0 Å². The highest BCUT2D eigenvalue weighted by molar-refractivity contribution is 7.99. The monoisotopic (exact) mass is 651 g/mol. The first-order valence-corrected chi connectivity index (χ1v) is 15.8. The number of carbonyl (C=O) groups is 2. The molecule has 2 aromatic carbocycles. The van der Waals surface area contributed by atoms with Crippen LogP contribution in [0.4, 0.5) is 13.2 Å². The van der Waals surface area contributed by atoms with Crippen LogP contribution in [0.1, 0.15) is 59.3 Å². The lowest BCUT2D eigenvalue weighted by molar-refractivity contribution is -0.192. The summed E-state index contributed by atoms with van der Waals surface area (Å²) in [6.07, 6.45) is 5.44. The number of thiophene rings is 1. The highest BCUT2D eigenvalue weighted by Gasteiger charge is 2.38. The molecule has 5 rings (SSSR count). The number of fused-ring (bicyclic) bond motifs is 1. The summed E-state index contributed by atoms with van der Waals surface area (Å²) in [4.78, 5) is 23.6. The molecule has 1 aliphatic carbocycles. The van der Waals surface area contributed by atoms with E-state index in [1.54, 1.807) is 7.11 Å². The number of ether oxygens (including phenoxy) is 2. The molecular formula is C29H32F3N5O5S2. The normalized spacial score (nSPS) is 13.7. The number of aromatic nitrogens is 4. The smallest absolute Gasteiger partial charge is 0.490 e. The van der Waals surface area contributed by atoms with Crippen LogP contribution in [0.5, 0.6) is 17.2 Å². The highest BCUT2D eigenvalue weighted by atomic mass is 32.2. The minimum absolute atomic E-state index is 0.354. The summed E-state index contributed by atoms with van der Waals surface area (Å²) >= 11 is 3.51. The first-order chi connectivity index (χ1) is 21.0. The van der Waals surface area contributed by atoms with Crippen LogP contribution >= 0.6 is 23.1 Å². The Hall–Kier alpha value is -3.85. The van der Waals surface area contributed by atoms with Gasteiger partial charge < -0.3 is 14.6 Å². The van der Waals surface area contributed by atoms with Crippen molar-refractivity contribution in [2.75, 3.05) is 18.3 Å². The second kappa shape index (κ2) is 15.2. The Balaban J connectivity index is 0.000000566. The predicted molar refractivity (Wildman–Crippen MR) is 162 cm³/mol. The number of rotatable bonds is 10. The van der Waals surface area contributed by atoms with E-state index in [4.69, 9.17) is 19.4 Å². The van der Waals surface area contributed by atoms with Crippen LogP contribution in [0, 0.1) is 6.92 Å². The molecule has 44 heavy (non-hydrogen) atoms. The van der Waals surface area contributed by atoms with E-state index in [0.29, 0.717) is 16.4 Å². The van der Waals surface area contributed by atoms with Gasteiger partial charge in [-0.1, -0.05) is 31.4 Å². The number of benzene rings is 2. The number of tetrazole rings is 1. The second-order valence-electron chi connectivity index (χ2n) is 10.1.